The fraction of sp³-hybridized carbons (Fsp3) is 0.200. The van der Waals surface area contributed by atoms with E-state index in [0.29, 0.717) is 24.3 Å². The van der Waals surface area contributed by atoms with Gasteiger partial charge in [-0.2, -0.15) is 11.3 Å². The second-order valence-electron chi connectivity index (χ2n) is 4.21. The first-order valence-corrected chi connectivity index (χ1v) is 8.00. The highest BCUT2D eigenvalue weighted by Gasteiger charge is 2.12. The van der Waals surface area contributed by atoms with E-state index in [1.54, 1.807) is 6.08 Å². The molecule has 20 heavy (non-hydrogen) atoms. The number of nitrogens with one attached hydrogen (secondary N) is 1. The first-order chi connectivity index (χ1) is 9.70. The highest BCUT2D eigenvalue weighted by molar-refractivity contribution is 7.14. The first-order valence-electron chi connectivity index (χ1n) is 6.24. The SMILES string of the molecule is C=CCCC(=O)NCc1ccc(C(=O)c2ccsc2)s1. The zero-order valence-electron chi connectivity index (χ0n) is 10.9. The molecule has 0 aromatic carbocycles. The fourth-order valence-electron chi connectivity index (χ4n) is 1.64. The third-order valence-corrected chi connectivity index (χ3v) is 4.47. The lowest BCUT2D eigenvalue weighted by atomic mass is 10.2. The normalized spacial score (nSPS) is 10.2. The summed E-state index contributed by atoms with van der Waals surface area (Å²) >= 11 is 2.94. The summed E-state index contributed by atoms with van der Waals surface area (Å²) in [6.07, 6.45) is 2.86. The van der Waals surface area contributed by atoms with Gasteiger partial charge in [0.25, 0.3) is 0 Å². The van der Waals surface area contributed by atoms with Crippen molar-refractivity contribution < 1.29 is 9.59 Å². The van der Waals surface area contributed by atoms with Crippen LogP contribution in [-0.4, -0.2) is 11.7 Å². The standard InChI is InChI=1S/C15H15NO2S2/c1-2-3-4-14(17)16-9-12-5-6-13(20-12)15(18)11-7-8-19-10-11/h2,5-8,10H,1,3-4,9H2,(H,16,17). The van der Waals surface area contributed by atoms with Gasteiger partial charge in [-0.05, 0) is 30.0 Å². The minimum atomic E-state index is 0.00371. The van der Waals surface area contributed by atoms with E-state index >= 15 is 0 Å². The van der Waals surface area contributed by atoms with Crippen molar-refractivity contribution in [1.29, 1.82) is 0 Å². The fourth-order valence-corrected chi connectivity index (χ4v) is 3.18. The Morgan fingerprint density at radius 3 is 2.85 bits per heavy atom. The van der Waals surface area contributed by atoms with Crippen molar-refractivity contribution in [1.82, 2.24) is 5.32 Å². The van der Waals surface area contributed by atoms with E-state index in [4.69, 9.17) is 0 Å². The van der Waals surface area contributed by atoms with E-state index in [1.165, 1.54) is 22.7 Å². The van der Waals surface area contributed by atoms with Gasteiger partial charge in [0.2, 0.25) is 11.7 Å². The minimum Gasteiger partial charge on any atom is -0.351 e. The smallest absolute Gasteiger partial charge is 0.220 e. The summed E-state index contributed by atoms with van der Waals surface area (Å²) in [5.74, 6) is 0.0458. The van der Waals surface area contributed by atoms with E-state index in [2.05, 4.69) is 11.9 Å². The third-order valence-electron chi connectivity index (χ3n) is 2.70. The molecule has 0 aliphatic rings. The highest BCUT2D eigenvalue weighted by atomic mass is 32.1. The maximum atomic E-state index is 12.1. The van der Waals surface area contributed by atoms with Crippen LogP contribution in [0.3, 0.4) is 0 Å². The Hall–Kier alpha value is -1.72. The number of thiophene rings is 2. The molecular weight excluding hydrogens is 290 g/mol. The van der Waals surface area contributed by atoms with Gasteiger partial charge in [-0.25, -0.2) is 0 Å². The number of ketones is 1. The van der Waals surface area contributed by atoms with Gasteiger partial charge in [0, 0.05) is 22.2 Å². The number of carbonyl (C=O) groups is 2. The lowest BCUT2D eigenvalue weighted by Crippen LogP contribution is -2.21. The quantitative estimate of drug-likeness (QED) is 0.627. The van der Waals surface area contributed by atoms with Crippen LogP contribution in [0.4, 0.5) is 0 Å². The molecule has 2 rings (SSSR count). The summed E-state index contributed by atoms with van der Waals surface area (Å²) in [4.78, 5) is 25.3. The van der Waals surface area contributed by atoms with Crippen molar-refractivity contribution in [2.24, 2.45) is 0 Å². The van der Waals surface area contributed by atoms with E-state index in [1.807, 2.05) is 29.0 Å². The second-order valence-corrected chi connectivity index (χ2v) is 6.16. The van der Waals surface area contributed by atoms with E-state index < -0.39 is 0 Å². The highest BCUT2D eigenvalue weighted by Crippen LogP contribution is 2.21. The molecule has 0 unspecified atom stereocenters. The number of hydrogen-bond donors (Lipinski definition) is 1. The average Bonchev–Trinajstić information content (AvgIpc) is 3.12. The van der Waals surface area contributed by atoms with Gasteiger partial charge in [-0.15, -0.1) is 17.9 Å². The van der Waals surface area contributed by atoms with Gasteiger partial charge in [-0.1, -0.05) is 6.08 Å². The summed E-state index contributed by atoms with van der Waals surface area (Å²) in [7, 11) is 0. The van der Waals surface area contributed by atoms with Crippen LogP contribution in [0.25, 0.3) is 0 Å². The van der Waals surface area contributed by atoms with Gasteiger partial charge in [-0.3, -0.25) is 9.59 Å². The van der Waals surface area contributed by atoms with Crippen molar-refractivity contribution in [2.75, 3.05) is 0 Å². The molecule has 1 N–H and O–H groups in total. The van der Waals surface area contributed by atoms with Crippen LogP contribution < -0.4 is 5.32 Å². The molecule has 0 fully saturated rings. The van der Waals surface area contributed by atoms with E-state index in [0.717, 1.165) is 10.4 Å². The van der Waals surface area contributed by atoms with Crippen LogP contribution in [0.15, 0.2) is 41.6 Å². The zero-order valence-corrected chi connectivity index (χ0v) is 12.6. The molecule has 0 atom stereocenters. The van der Waals surface area contributed by atoms with E-state index in [-0.39, 0.29) is 11.7 Å². The summed E-state index contributed by atoms with van der Waals surface area (Å²) in [5.41, 5.74) is 0.721. The minimum absolute atomic E-state index is 0.00371. The van der Waals surface area contributed by atoms with Crippen LogP contribution in [0.5, 0.6) is 0 Å². The molecule has 1 amide bonds. The number of hydrogen-bond acceptors (Lipinski definition) is 4. The maximum absolute atomic E-state index is 12.1. The average molecular weight is 305 g/mol. The lowest BCUT2D eigenvalue weighted by molar-refractivity contribution is -0.121. The molecule has 5 heteroatoms. The molecule has 0 spiro atoms. The Morgan fingerprint density at radius 1 is 1.30 bits per heavy atom. The number of amides is 1. The summed E-state index contributed by atoms with van der Waals surface area (Å²) in [6, 6.07) is 5.53. The van der Waals surface area contributed by atoms with Crippen LogP contribution in [0.1, 0.15) is 33.0 Å². The van der Waals surface area contributed by atoms with E-state index in [9.17, 15) is 9.59 Å². The van der Waals surface area contributed by atoms with Crippen molar-refractivity contribution >= 4 is 34.4 Å². The summed E-state index contributed by atoms with van der Waals surface area (Å²) < 4.78 is 0. The molecule has 0 saturated heterocycles. The molecule has 0 radical (unpaired) electrons. The van der Waals surface area contributed by atoms with Gasteiger partial charge >= 0.3 is 0 Å². The van der Waals surface area contributed by atoms with Crippen LogP contribution in [0.2, 0.25) is 0 Å². The molecule has 0 aliphatic carbocycles. The van der Waals surface area contributed by atoms with Crippen LogP contribution in [-0.2, 0) is 11.3 Å². The molecule has 0 aliphatic heterocycles. The van der Waals surface area contributed by atoms with Gasteiger partial charge in [0.1, 0.15) is 0 Å². The lowest BCUT2D eigenvalue weighted by Gasteiger charge is -2.01. The van der Waals surface area contributed by atoms with Crippen molar-refractivity contribution in [3.8, 4) is 0 Å². The topological polar surface area (TPSA) is 46.2 Å². The molecule has 0 bridgehead atoms. The summed E-state index contributed by atoms with van der Waals surface area (Å²) in [6.45, 7) is 4.05. The number of carbonyl (C=O) groups excluding carboxylic acids is 2. The number of rotatable bonds is 7. The van der Waals surface area contributed by atoms with Crippen LogP contribution in [0, 0.1) is 0 Å². The Morgan fingerprint density at radius 2 is 2.15 bits per heavy atom. The largest absolute Gasteiger partial charge is 0.351 e. The van der Waals surface area contributed by atoms with Crippen molar-refractivity contribution in [3.05, 3.63) is 56.9 Å². The van der Waals surface area contributed by atoms with Crippen molar-refractivity contribution in [3.63, 3.8) is 0 Å². The second kappa shape index (κ2) is 7.17. The molecule has 104 valence electrons. The Bertz CT molecular complexity index is 599. The molecular formula is C15H15NO2S2. The maximum Gasteiger partial charge on any atom is 0.220 e. The Labute approximate surface area is 126 Å². The Kier molecular flexibility index (Phi) is 5.26. The summed E-state index contributed by atoms with van der Waals surface area (Å²) in [5, 5.41) is 6.57. The monoisotopic (exact) mass is 305 g/mol. The number of allylic oxidation sites excluding steroid dienone is 1. The predicted molar refractivity (Wildman–Crippen MR) is 83.3 cm³/mol. The molecule has 2 heterocycles. The Balaban J connectivity index is 1.91. The molecule has 3 nitrogen and oxygen atoms in total. The zero-order chi connectivity index (χ0) is 14.4. The molecule has 2 aromatic rings. The van der Waals surface area contributed by atoms with Gasteiger partial charge in [0.15, 0.2) is 0 Å². The predicted octanol–water partition coefficient (Wildman–Crippen LogP) is 3.62. The van der Waals surface area contributed by atoms with Crippen LogP contribution >= 0.6 is 22.7 Å². The third kappa shape index (κ3) is 3.88. The van der Waals surface area contributed by atoms with Gasteiger partial charge in [0.05, 0.1) is 11.4 Å². The first kappa shape index (κ1) is 14.7. The van der Waals surface area contributed by atoms with Gasteiger partial charge < -0.3 is 5.32 Å². The molecule has 0 saturated carbocycles. The van der Waals surface area contributed by atoms with Crippen molar-refractivity contribution in [2.45, 2.75) is 19.4 Å². The molecule has 2 aromatic heterocycles.